The number of sulfonamides is 1. The smallest absolute Gasteiger partial charge is 0.323 e. The van der Waals surface area contributed by atoms with Crippen LogP contribution in [0.25, 0.3) is 0 Å². The Hall–Kier alpha value is -4.29. The van der Waals surface area contributed by atoms with Gasteiger partial charge in [-0.15, -0.1) is 0 Å². The number of carboxylic acids is 1. The summed E-state index contributed by atoms with van der Waals surface area (Å²) >= 11 is 0. The fourth-order valence-electron chi connectivity index (χ4n) is 3.42. The Bertz CT molecular complexity index is 1380. The first-order valence-corrected chi connectivity index (χ1v) is 13.0. The van der Waals surface area contributed by atoms with Gasteiger partial charge in [0.05, 0.1) is 25.1 Å². The molecular formula is C25H27N5O6S. The Balaban J connectivity index is 1.54. The zero-order valence-corrected chi connectivity index (χ0v) is 21.0. The minimum Gasteiger partial charge on any atom is -0.481 e. The van der Waals surface area contributed by atoms with Crippen molar-refractivity contribution in [2.75, 3.05) is 22.2 Å². The van der Waals surface area contributed by atoms with Crippen LogP contribution in [-0.2, 0) is 26.0 Å². The molecule has 0 bridgehead atoms. The molecule has 0 fully saturated rings. The van der Waals surface area contributed by atoms with Crippen LogP contribution >= 0.6 is 0 Å². The minimum absolute atomic E-state index is 0.0520. The summed E-state index contributed by atoms with van der Waals surface area (Å²) in [5, 5.41) is 17.2. The maximum Gasteiger partial charge on any atom is 0.323 e. The lowest BCUT2D eigenvalue weighted by Gasteiger charge is -2.16. The van der Waals surface area contributed by atoms with Crippen molar-refractivity contribution in [1.82, 2.24) is 9.71 Å². The zero-order chi connectivity index (χ0) is 27.0. The van der Waals surface area contributed by atoms with E-state index in [4.69, 9.17) is 5.11 Å². The topological polar surface area (TPSA) is 167 Å². The standard InChI is InChI=1S/C25H27N5O6S/c1-16-5-3-4-6-20(16)28-25(34)27-19-10-7-17(8-11-19)13-23(31)29-22-12-9-18(15-26-22)21(14-24(32)33)30-37(2,35)36/h3-12,15,21,30H,13-14H2,1-2H3,(H,32,33)(H,26,29,31)(H2,27,28,34). The van der Waals surface area contributed by atoms with Gasteiger partial charge >= 0.3 is 12.0 Å². The molecule has 1 aromatic heterocycles. The third kappa shape index (κ3) is 9.02. The number of rotatable bonds is 10. The van der Waals surface area contributed by atoms with E-state index in [1.807, 2.05) is 25.1 Å². The maximum absolute atomic E-state index is 12.4. The van der Waals surface area contributed by atoms with E-state index in [-0.39, 0.29) is 24.2 Å². The van der Waals surface area contributed by atoms with Crippen LogP contribution < -0.4 is 20.7 Å². The molecule has 3 rings (SSSR count). The number of carbonyl (C=O) groups is 3. The third-order valence-electron chi connectivity index (χ3n) is 5.16. The van der Waals surface area contributed by atoms with E-state index in [1.165, 1.54) is 18.3 Å². The Morgan fingerprint density at radius 3 is 2.24 bits per heavy atom. The fourth-order valence-corrected chi connectivity index (χ4v) is 4.16. The lowest BCUT2D eigenvalue weighted by molar-refractivity contribution is -0.137. The molecule has 0 radical (unpaired) electrons. The van der Waals surface area contributed by atoms with E-state index < -0.39 is 28.5 Å². The summed E-state index contributed by atoms with van der Waals surface area (Å²) in [6.45, 7) is 1.89. The molecule has 2 aromatic carbocycles. The van der Waals surface area contributed by atoms with Crippen molar-refractivity contribution >= 4 is 45.1 Å². The molecule has 3 amide bonds. The third-order valence-corrected chi connectivity index (χ3v) is 5.87. The van der Waals surface area contributed by atoms with E-state index in [0.29, 0.717) is 22.5 Å². The first kappa shape index (κ1) is 27.3. The predicted octanol–water partition coefficient (Wildman–Crippen LogP) is 3.28. The molecule has 0 saturated heterocycles. The molecule has 0 aliphatic heterocycles. The predicted molar refractivity (Wildman–Crippen MR) is 140 cm³/mol. The molecule has 37 heavy (non-hydrogen) atoms. The van der Waals surface area contributed by atoms with Crippen molar-refractivity contribution in [2.45, 2.75) is 25.8 Å². The van der Waals surface area contributed by atoms with Crippen molar-refractivity contribution in [2.24, 2.45) is 0 Å². The number of carboxylic acid groups (broad SMARTS) is 1. The molecule has 1 atom stereocenters. The number of aryl methyl sites for hydroxylation is 1. The van der Waals surface area contributed by atoms with Gasteiger partial charge in [0.1, 0.15) is 5.82 Å². The minimum atomic E-state index is -3.64. The van der Waals surface area contributed by atoms with Crippen molar-refractivity contribution in [1.29, 1.82) is 0 Å². The summed E-state index contributed by atoms with van der Waals surface area (Å²) in [5.41, 5.74) is 3.26. The maximum atomic E-state index is 12.4. The fraction of sp³-hybridized carbons (Fsp3) is 0.200. The summed E-state index contributed by atoms with van der Waals surface area (Å²) in [4.78, 5) is 39.8. The van der Waals surface area contributed by atoms with Crippen molar-refractivity contribution in [3.05, 3.63) is 83.6 Å². The summed E-state index contributed by atoms with van der Waals surface area (Å²) in [5.74, 6) is -1.28. The number of aromatic nitrogens is 1. The highest BCUT2D eigenvalue weighted by Crippen LogP contribution is 2.19. The van der Waals surface area contributed by atoms with Gasteiger partial charge in [0, 0.05) is 17.6 Å². The van der Waals surface area contributed by atoms with E-state index in [1.54, 1.807) is 30.3 Å². The van der Waals surface area contributed by atoms with Crippen LogP contribution in [0.2, 0.25) is 0 Å². The van der Waals surface area contributed by atoms with Crippen molar-refractivity contribution in [3.8, 4) is 0 Å². The number of nitrogens with one attached hydrogen (secondary N) is 4. The number of amides is 3. The number of nitrogens with zero attached hydrogens (tertiary/aromatic N) is 1. The molecule has 1 unspecified atom stereocenters. The lowest BCUT2D eigenvalue weighted by Crippen LogP contribution is -2.29. The van der Waals surface area contributed by atoms with Crippen molar-refractivity contribution in [3.63, 3.8) is 0 Å². The van der Waals surface area contributed by atoms with Crippen LogP contribution in [0.3, 0.4) is 0 Å². The molecule has 0 aliphatic rings. The molecular weight excluding hydrogens is 498 g/mol. The second kappa shape index (κ2) is 12.1. The van der Waals surface area contributed by atoms with Gasteiger partial charge < -0.3 is 21.1 Å². The van der Waals surface area contributed by atoms with Crippen LogP contribution in [0.1, 0.15) is 29.2 Å². The van der Waals surface area contributed by atoms with E-state index in [2.05, 4.69) is 25.7 Å². The van der Waals surface area contributed by atoms with Gasteiger partial charge in [0.15, 0.2) is 0 Å². The first-order valence-electron chi connectivity index (χ1n) is 11.2. The Morgan fingerprint density at radius 1 is 0.946 bits per heavy atom. The Kier molecular flexibility index (Phi) is 8.93. The molecule has 0 spiro atoms. The quantitative estimate of drug-likeness (QED) is 0.271. The normalized spacial score (nSPS) is 11.8. The second-order valence-corrected chi connectivity index (χ2v) is 10.1. The number of anilines is 3. The largest absolute Gasteiger partial charge is 0.481 e. The second-order valence-electron chi connectivity index (χ2n) is 8.33. The average molecular weight is 526 g/mol. The summed E-state index contributed by atoms with van der Waals surface area (Å²) in [7, 11) is -3.64. The van der Waals surface area contributed by atoms with E-state index in [0.717, 1.165) is 11.8 Å². The molecule has 194 valence electrons. The van der Waals surface area contributed by atoms with Crippen molar-refractivity contribution < 1.29 is 27.9 Å². The van der Waals surface area contributed by atoms with E-state index >= 15 is 0 Å². The van der Waals surface area contributed by atoms with Gasteiger partial charge in [0.2, 0.25) is 15.9 Å². The van der Waals surface area contributed by atoms with Gasteiger partial charge in [-0.2, -0.15) is 0 Å². The zero-order valence-electron chi connectivity index (χ0n) is 20.2. The number of hydrogen-bond donors (Lipinski definition) is 5. The lowest BCUT2D eigenvalue weighted by atomic mass is 10.1. The van der Waals surface area contributed by atoms with Crippen LogP contribution in [0, 0.1) is 6.92 Å². The Morgan fingerprint density at radius 2 is 1.65 bits per heavy atom. The molecule has 3 aromatic rings. The number of urea groups is 1. The highest BCUT2D eigenvalue weighted by molar-refractivity contribution is 7.88. The molecule has 0 aliphatic carbocycles. The van der Waals surface area contributed by atoms with Gasteiger partial charge in [-0.25, -0.2) is 22.9 Å². The number of aliphatic carboxylic acids is 1. The molecule has 5 N–H and O–H groups in total. The Labute approximate surface area is 214 Å². The van der Waals surface area contributed by atoms with Gasteiger partial charge in [-0.1, -0.05) is 36.4 Å². The molecule has 0 saturated carbocycles. The average Bonchev–Trinajstić information content (AvgIpc) is 2.81. The molecule has 12 heteroatoms. The summed E-state index contributed by atoms with van der Waals surface area (Å²) in [6, 6.07) is 15.8. The number of carbonyl (C=O) groups excluding carboxylic acids is 2. The first-order chi connectivity index (χ1) is 17.5. The van der Waals surface area contributed by atoms with Crippen LogP contribution in [0.15, 0.2) is 66.9 Å². The van der Waals surface area contributed by atoms with E-state index in [9.17, 15) is 22.8 Å². The molecule has 11 nitrogen and oxygen atoms in total. The SMILES string of the molecule is Cc1ccccc1NC(=O)Nc1ccc(CC(=O)Nc2ccc(C(CC(=O)O)NS(C)(=O)=O)cn2)cc1. The van der Waals surface area contributed by atoms with Crippen LogP contribution in [-0.4, -0.2) is 42.7 Å². The number of pyridine rings is 1. The van der Waals surface area contributed by atoms with Gasteiger partial charge in [0.25, 0.3) is 0 Å². The highest BCUT2D eigenvalue weighted by atomic mass is 32.2. The molecule has 1 heterocycles. The number of para-hydroxylation sites is 1. The summed E-state index contributed by atoms with van der Waals surface area (Å²) in [6.07, 6.45) is 1.84. The van der Waals surface area contributed by atoms with Crippen LogP contribution in [0.5, 0.6) is 0 Å². The monoisotopic (exact) mass is 525 g/mol. The highest BCUT2D eigenvalue weighted by Gasteiger charge is 2.20. The van der Waals surface area contributed by atoms with Gasteiger partial charge in [-0.05, 0) is 47.9 Å². The van der Waals surface area contributed by atoms with Crippen LogP contribution in [0.4, 0.5) is 22.0 Å². The van der Waals surface area contributed by atoms with Gasteiger partial charge in [-0.3, -0.25) is 9.59 Å². The number of benzene rings is 2. The summed E-state index contributed by atoms with van der Waals surface area (Å²) < 4.78 is 25.3. The number of hydrogen-bond acceptors (Lipinski definition) is 6.